The maximum Gasteiger partial charge on any atom is 0.343 e. The van der Waals surface area contributed by atoms with Gasteiger partial charge in [-0.15, -0.1) is 0 Å². The highest BCUT2D eigenvalue weighted by atomic mass is 79.9. The first kappa shape index (κ1) is 22.2. The van der Waals surface area contributed by atoms with Crippen LogP contribution in [0, 0.1) is 6.92 Å². The summed E-state index contributed by atoms with van der Waals surface area (Å²) >= 11 is 3.35. The second kappa shape index (κ2) is 10.5. The average Bonchev–Trinajstić information content (AvgIpc) is 2.77. The van der Waals surface area contributed by atoms with Crippen molar-refractivity contribution in [3.8, 4) is 11.5 Å². The molecule has 0 bridgehead atoms. The molecule has 158 valence electrons. The molecule has 0 radical (unpaired) electrons. The van der Waals surface area contributed by atoms with Crippen LogP contribution in [-0.4, -0.2) is 24.2 Å². The van der Waals surface area contributed by atoms with Crippen LogP contribution in [0.5, 0.6) is 11.5 Å². The number of halogens is 1. The lowest BCUT2D eigenvalue weighted by Crippen LogP contribution is -2.33. The summed E-state index contributed by atoms with van der Waals surface area (Å²) in [7, 11) is 0. The van der Waals surface area contributed by atoms with Crippen molar-refractivity contribution in [3.63, 3.8) is 0 Å². The number of aryl methyl sites for hydroxylation is 1. The molecule has 1 amide bonds. The normalized spacial score (nSPS) is 11.7. The highest BCUT2D eigenvalue weighted by molar-refractivity contribution is 9.10. The minimum atomic E-state index is -0.707. The van der Waals surface area contributed by atoms with Crippen molar-refractivity contribution < 1.29 is 19.1 Å². The Morgan fingerprint density at radius 3 is 2.19 bits per heavy atom. The van der Waals surface area contributed by atoms with Gasteiger partial charge in [0, 0.05) is 4.47 Å². The number of hydrogen-bond acceptors (Lipinski definition) is 5. The number of nitrogens with zero attached hydrogens (tertiary/aromatic N) is 1. The molecule has 3 rings (SSSR count). The third-order valence-corrected chi connectivity index (χ3v) is 4.79. The zero-order valence-electron chi connectivity index (χ0n) is 17.0. The molecule has 3 aromatic rings. The van der Waals surface area contributed by atoms with Crippen LogP contribution in [-0.2, 0) is 4.79 Å². The largest absolute Gasteiger partial charge is 0.481 e. The van der Waals surface area contributed by atoms with Crippen LogP contribution in [0.15, 0.2) is 82.4 Å². The van der Waals surface area contributed by atoms with E-state index in [2.05, 4.69) is 26.5 Å². The van der Waals surface area contributed by atoms with Gasteiger partial charge in [-0.3, -0.25) is 4.79 Å². The first-order chi connectivity index (χ1) is 14.9. The van der Waals surface area contributed by atoms with E-state index in [1.807, 2.05) is 31.2 Å². The second-order valence-corrected chi connectivity index (χ2v) is 7.69. The fourth-order valence-electron chi connectivity index (χ4n) is 2.51. The van der Waals surface area contributed by atoms with E-state index in [9.17, 15) is 9.59 Å². The Hall–Kier alpha value is -3.45. The van der Waals surface area contributed by atoms with E-state index in [-0.39, 0.29) is 5.91 Å². The lowest BCUT2D eigenvalue weighted by atomic mass is 10.1. The molecule has 0 heterocycles. The molecule has 0 aliphatic rings. The summed E-state index contributed by atoms with van der Waals surface area (Å²) in [6.45, 7) is 3.60. The van der Waals surface area contributed by atoms with Gasteiger partial charge in [-0.25, -0.2) is 10.2 Å². The van der Waals surface area contributed by atoms with Gasteiger partial charge in [0.2, 0.25) is 0 Å². The number of nitrogens with one attached hydrogen (secondary N) is 1. The number of hydrazone groups is 1. The number of carbonyl (C=O) groups is 2. The topological polar surface area (TPSA) is 77.0 Å². The Morgan fingerprint density at radius 1 is 0.935 bits per heavy atom. The molecule has 0 aromatic heterocycles. The van der Waals surface area contributed by atoms with Crippen LogP contribution in [0.1, 0.15) is 28.4 Å². The van der Waals surface area contributed by atoms with Crippen molar-refractivity contribution in [2.45, 2.75) is 20.0 Å². The first-order valence-electron chi connectivity index (χ1n) is 9.55. The monoisotopic (exact) mass is 480 g/mol. The lowest BCUT2D eigenvalue weighted by Gasteiger charge is -2.12. The van der Waals surface area contributed by atoms with Gasteiger partial charge >= 0.3 is 5.97 Å². The standard InChI is InChI=1S/C24H21BrN2O4/c1-16-3-7-19(8-4-16)24(29)31-22-11-5-18(6-12-22)15-26-27-23(28)17(2)30-21-13-9-20(25)10-14-21/h3-15,17H,1-2H3,(H,27,28)/b26-15+. The van der Waals surface area contributed by atoms with Gasteiger partial charge in [0.1, 0.15) is 11.5 Å². The van der Waals surface area contributed by atoms with E-state index in [1.54, 1.807) is 55.5 Å². The van der Waals surface area contributed by atoms with E-state index < -0.39 is 12.1 Å². The molecular weight excluding hydrogens is 460 g/mol. The number of esters is 1. The number of amides is 1. The van der Waals surface area contributed by atoms with Gasteiger partial charge in [0.25, 0.3) is 5.91 Å². The third kappa shape index (κ3) is 6.79. The van der Waals surface area contributed by atoms with Crippen LogP contribution in [0.25, 0.3) is 0 Å². The van der Waals surface area contributed by atoms with Crippen molar-refractivity contribution in [2.75, 3.05) is 0 Å². The summed E-state index contributed by atoms with van der Waals surface area (Å²) in [5, 5.41) is 3.94. The van der Waals surface area contributed by atoms with Crippen molar-refractivity contribution >= 4 is 34.0 Å². The number of carbonyl (C=O) groups excluding carboxylic acids is 2. The lowest BCUT2D eigenvalue weighted by molar-refractivity contribution is -0.127. The molecule has 1 atom stereocenters. The minimum Gasteiger partial charge on any atom is -0.481 e. The molecule has 0 spiro atoms. The molecule has 3 aromatic carbocycles. The maximum absolute atomic E-state index is 12.2. The van der Waals surface area contributed by atoms with Crippen molar-refractivity contribution in [3.05, 3.63) is 94.0 Å². The highest BCUT2D eigenvalue weighted by Crippen LogP contribution is 2.17. The maximum atomic E-state index is 12.2. The Kier molecular flexibility index (Phi) is 7.56. The predicted molar refractivity (Wildman–Crippen MR) is 123 cm³/mol. The molecule has 0 aliphatic carbocycles. The summed E-state index contributed by atoms with van der Waals surface area (Å²) in [5.74, 6) is 0.213. The van der Waals surface area contributed by atoms with E-state index in [0.717, 1.165) is 15.6 Å². The van der Waals surface area contributed by atoms with E-state index >= 15 is 0 Å². The predicted octanol–water partition coefficient (Wildman–Crippen LogP) is 4.89. The molecule has 31 heavy (non-hydrogen) atoms. The molecule has 7 heteroatoms. The van der Waals surface area contributed by atoms with Crippen molar-refractivity contribution in [1.82, 2.24) is 5.43 Å². The molecule has 1 N–H and O–H groups in total. The zero-order valence-corrected chi connectivity index (χ0v) is 18.6. The van der Waals surface area contributed by atoms with Gasteiger partial charge < -0.3 is 9.47 Å². The summed E-state index contributed by atoms with van der Waals surface area (Å²) in [4.78, 5) is 24.3. The van der Waals surface area contributed by atoms with Crippen LogP contribution in [0.3, 0.4) is 0 Å². The van der Waals surface area contributed by atoms with E-state index in [4.69, 9.17) is 9.47 Å². The molecule has 0 saturated heterocycles. The van der Waals surface area contributed by atoms with E-state index in [1.165, 1.54) is 6.21 Å². The Balaban J connectivity index is 1.49. The smallest absolute Gasteiger partial charge is 0.343 e. The van der Waals surface area contributed by atoms with Crippen molar-refractivity contribution in [2.24, 2.45) is 5.10 Å². The van der Waals surface area contributed by atoms with Crippen molar-refractivity contribution in [1.29, 1.82) is 0 Å². The van der Waals surface area contributed by atoms with Gasteiger partial charge in [-0.2, -0.15) is 5.10 Å². The molecule has 6 nitrogen and oxygen atoms in total. The van der Waals surface area contributed by atoms with Gasteiger partial charge in [-0.1, -0.05) is 33.6 Å². The average molecular weight is 481 g/mol. The van der Waals surface area contributed by atoms with E-state index in [0.29, 0.717) is 17.1 Å². The fourth-order valence-corrected chi connectivity index (χ4v) is 2.77. The molecule has 0 fully saturated rings. The SMILES string of the molecule is Cc1ccc(C(=O)Oc2ccc(/C=N/NC(=O)C(C)Oc3ccc(Br)cc3)cc2)cc1. The second-order valence-electron chi connectivity index (χ2n) is 6.77. The van der Waals surface area contributed by atoms with Gasteiger partial charge in [-0.05, 0) is 80.1 Å². The minimum absolute atomic E-state index is 0.372. The Labute approximate surface area is 189 Å². The number of rotatable bonds is 7. The molecular formula is C24H21BrN2O4. The fraction of sp³-hybridized carbons (Fsp3) is 0.125. The Morgan fingerprint density at radius 2 is 1.55 bits per heavy atom. The summed E-state index contributed by atoms with van der Waals surface area (Å²) < 4.78 is 11.9. The molecule has 1 unspecified atom stereocenters. The summed E-state index contributed by atoms with van der Waals surface area (Å²) in [5.41, 5.74) is 4.74. The Bertz CT molecular complexity index is 1060. The number of hydrogen-bond donors (Lipinski definition) is 1. The van der Waals surface area contributed by atoms with Crippen LogP contribution < -0.4 is 14.9 Å². The highest BCUT2D eigenvalue weighted by Gasteiger charge is 2.13. The first-order valence-corrected chi connectivity index (χ1v) is 10.3. The number of ether oxygens (including phenoxy) is 2. The van der Waals surface area contributed by atoms with Crippen LogP contribution >= 0.6 is 15.9 Å². The molecule has 0 aliphatic heterocycles. The number of benzene rings is 3. The summed E-state index contributed by atoms with van der Waals surface area (Å²) in [6.07, 6.45) is 0.789. The van der Waals surface area contributed by atoms with Crippen LogP contribution in [0.2, 0.25) is 0 Å². The summed E-state index contributed by atoms with van der Waals surface area (Å²) in [6, 6.07) is 21.2. The third-order valence-electron chi connectivity index (χ3n) is 4.26. The van der Waals surface area contributed by atoms with Gasteiger partial charge in [0.15, 0.2) is 6.10 Å². The quantitative estimate of drug-likeness (QED) is 0.226. The zero-order chi connectivity index (χ0) is 22.2. The van der Waals surface area contributed by atoms with Crippen LogP contribution in [0.4, 0.5) is 0 Å². The van der Waals surface area contributed by atoms with Gasteiger partial charge in [0.05, 0.1) is 11.8 Å². The molecule has 0 saturated carbocycles.